The third-order valence-corrected chi connectivity index (χ3v) is 4.95. The zero-order chi connectivity index (χ0) is 13.5. The second kappa shape index (κ2) is 3.01. The lowest BCUT2D eigenvalue weighted by Crippen LogP contribution is -2.22. The summed E-state index contributed by atoms with van der Waals surface area (Å²) in [7, 11) is 0. The van der Waals surface area contributed by atoms with Gasteiger partial charge in [-0.25, -0.2) is 0 Å². The Kier molecular flexibility index (Phi) is 1.56. The van der Waals surface area contributed by atoms with Crippen LogP contribution in [0.25, 0.3) is 11.1 Å². The number of hydrogen-bond acceptors (Lipinski definition) is 3. The maximum absolute atomic E-state index is 12.0. The molecule has 3 heteroatoms. The highest BCUT2D eigenvalue weighted by Gasteiger charge is 2.80. The lowest BCUT2D eigenvalue weighted by Gasteiger charge is -2.16. The topological polar surface area (TPSA) is 43.4 Å². The van der Waals surface area contributed by atoms with Gasteiger partial charge in [0.2, 0.25) is 0 Å². The quantitative estimate of drug-likeness (QED) is 0.540. The highest BCUT2D eigenvalue weighted by atomic mass is 16.6. The van der Waals surface area contributed by atoms with Crippen LogP contribution < -0.4 is 0 Å². The third kappa shape index (κ3) is 0.873. The summed E-state index contributed by atoms with van der Waals surface area (Å²) in [6.07, 6.45) is 0. The van der Waals surface area contributed by atoms with Crippen LogP contribution in [0.3, 0.4) is 0 Å². The predicted molar refractivity (Wildman–Crippen MR) is 70.7 cm³/mol. The molecule has 0 aromatic heterocycles. The summed E-state index contributed by atoms with van der Waals surface area (Å²) < 4.78 is 4.76. The minimum atomic E-state index is -0.459. The first-order chi connectivity index (χ1) is 9.76. The van der Waals surface area contributed by atoms with Gasteiger partial charge >= 0.3 is 11.9 Å². The molecule has 3 aliphatic rings. The largest absolute Gasteiger partial charge is 0.393 e. The van der Waals surface area contributed by atoms with Crippen molar-refractivity contribution in [1.82, 2.24) is 0 Å². The Morgan fingerprint density at radius 1 is 0.750 bits per heavy atom. The molecule has 2 atom stereocenters. The maximum atomic E-state index is 12.0. The van der Waals surface area contributed by atoms with Crippen molar-refractivity contribution in [1.29, 1.82) is 0 Å². The van der Waals surface area contributed by atoms with Crippen LogP contribution in [0.4, 0.5) is 0 Å². The summed E-state index contributed by atoms with van der Waals surface area (Å²) in [6.45, 7) is 0. The van der Waals surface area contributed by atoms with Crippen LogP contribution in [0.2, 0.25) is 0 Å². The number of ether oxygens (including phenoxy) is 1. The number of rotatable bonds is 0. The van der Waals surface area contributed by atoms with Crippen LogP contribution in [-0.2, 0) is 19.7 Å². The van der Waals surface area contributed by atoms with Crippen LogP contribution in [0, 0.1) is 11.8 Å². The van der Waals surface area contributed by atoms with Gasteiger partial charge in [0.25, 0.3) is 0 Å². The molecule has 3 nitrogen and oxygen atoms in total. The summed E-state index contributed by atoms with van der Waals surface area (Å²) >= 11 is 0. The summed E-state index contributed by atoms with van der Waals surface area (Å²) in [5.41, 5.74) is 4.01. The van der Waals surface area contributed by atoms with Gasteiger partial charge in [-0.2, -0.15) is 0 Å². The molecule has 2 fully saturated rings. The van der Waals surface area contributed by atoms with Crippen molar-refractivity contribution >= 4 is 11.9 Å². The average molecular weight is 262 g/mol. The van der Waals surface area contributed by atoms with Gasteiger partial charge < -0.3 is 4.74 Å². The number of carbonyl (C=O) groups is 2. The molecule has 0 radical (unpaired) electrons. The van der Waals surface area contributed by atoms with Gasteiger partial charge in [0.15, 0.2) is 0 Å². The predicted octanol–water partition coefficient (Wildman–Crippen LogP) is 2.28. The standard InChI is InChI=1S/C17H10O3/c18-15-13-14(16(19)20-15)17(13)11-7-3-1-5-9(11)10-6-2-4-8-12(10)17/h1-8,13-14H. The van der Waals surface area contributed by atoms with Crippen molar-refractivity contribution in [2.75, 3.05) is 0 Å². The molecular formula is C17H10O3. The molecule has 1 spiro atoms. The van der Waals surface area contributed by atoms with Gasteiger partial charge in [0.1, 0.15) is 0 Å². The summed E-state index contributed by atoms with van der Waals surface area (Å²) in [5.74, 6) is -1.40. The second-order valence-electron chi connectivity index (χ2n) is 5.66. The molecule has 1 heterocycles. The van der Waals surface area contributed by atoms with Gasteiger partial charge in [0.05, 0.1) is 11.8 Å². The van der Waals surface area contributed by atoms with Crippen molar-refractivity contribution in [3.05, 3.63) is 59.7 Å². The van der Waals surface area contributed by atoms with E-state index in [0.717, 1.165) is 22.3 Å². The van der Waals surface area contributed by atoms with Gasteiger partial charge in [-0.3, -0.25) is 9.59 Å². The van der Waals surface area contributed by atoms with Gasteiger partial charge in [-0.05, 0) is 22.3 Å². The van der Waals surface area contributed by atoms with Crippen LogP contribution >= 0.6 is 0 Å². The van der Waals surface area contributed by atoms with Crippen molar-refractivity contribution in [3.8, 4) is 11.1 Å². The fourth-order valence-corrected chi connectivity index (χ4v) is 4.23. The van der Waals surface area contributed by atoms with E-state index in [1.54, 1.807) is 0 Å². The van der Waals surface area contributed by atoms with Crippen molar-refractivity contribution < 1.29 is 14.3 Å². The third-order valence-electron chi connectivity index (χ3n) is 4.95. The highest BCUT2D eigenvalue weighted by molar-refractivity contribution is 6.08. The Balaban J connectivity index is 1.88. The lowest BCUT2D eigenvalue weighted by molar-refractivity contribution is -0.156. The first-order valence-corrected chi connectivity index (χ1v) is 6.71. The Bertz CT molecular complexity index is 738. The fraction of sp³-hybridized carbons (Fsp3) is 0.176. The minimum absolute atomic E-state index is 0.334. The van der Waals surface area contributed by atoms with E-state index in [4.69, 9.17) is 4.74 Å². The smallest absolute Gasteiger partial charge is 0.318 e. The molecule has 1 saturated carbocycles. The molecule has 0 amide bonds. The Hall–Kier alpha value is -2.42. The maximum Gasteiger partial charge on any atom is 0.318 e. The van der Waals surface area contributed by atoms with Crippen molar-refractivity contribution in [2.45, 2.75) is 5.41 Å². The molecule has 1 aliphatic heterocycles. The van der Waals surface area contributed by atoms with E-state index in [9.17, 15) is 9.59 Å². The number of benzene rings is 2. The minimum Gasteiger partial charge on any atom is -0.393 e. The SMILES string of the molecule is O=C1OC(=O)C2C1C21c2ccccc2-c2ccccc21. The Labute approximate surface area is 115 Å². The number of cyclic esters (lactones) is 2. The lowest BCUT2D eigenvalue weighted by atomic mass is 9.88. The summed E-state index contributed by atoms with van der Waals surface area (Å²) in [5, 5.41) is 0. The van der Waals surface area contributed by atoms with Crippen LogP contribution in [0.5, 0.6) is 0 Å². The van der Waals surface area contributed by atoms with Crippen LogP contribution in [-0.4, -0.2) is 11.9 Å². The zero-order valence-corrected chi connectivity index (χ0v) is 10.5. The second-order valence-corrected chi connectivity index (χ2v) is 5.66. The molecule has 96 valence electrons. The van der Waals surface area contributed by atoms with E-state index in [2.05, 4.69) is 12.1 Å². The van der Waals surface area contributed by atoms with E-state index in [0.29, 0.717) is 0 Å². The van der Waals surface area contributed by atoms with Gasteiger partial charge in [-0.15, -0.1) is 0 Å². The van der Waals surface area contributed by atoms with E-state index in [-0.39, 0.29) is 23.8 Å². The van der Waals surface area contributed by atoms with E-state index >= 15 is 0 Å². The number of carbonyl (C=O) groups excluding carboxylic acids is 2. The first kappa shape index (κ1) is 10.4. The van der Waals surface area contributed by atoms with Gasteiger partial charge in [-0.1, -0.05) is 48.5 Å². The molecule has 2 unspecified atom stereocenters. The fourth-order valence-electron chi connectivity index (χ4n) is 4.23. The van der Waals surface area contributed by atoms with Crippen LogP contribution in [0.1, 0.15) is 11.1 Å². The molecular weight excluding hydrogens is 252 g/mol. The normalized spacial score (nSPS) is 27.0. The average Bonchev–Trinajstić information content (AvgIpc) is 2.98. The summed E-state index contributed by atoms with van der Waals surface area (Å²) in [6, 6.07) is 16.1. The molecule has 0 bridgehead atoms. The molecule has 5 rings (SSSR count). The molecule has 20 heavy (non-hydrogen) atoms. The van der Waals surface area contributed by atoms with Crippen molar-refractivity contribution in [2.24, 2.45) is 11.8 Å². The first-order valence-electron chi connectivity index (χ1n) is 6.71. The van der Waals surface area contributed by atoms with E-state index in [1.807, 2.05) is 36.4 Å². The van der Waals surface area contributed by atoms with Crippen LogP contribution in [0.15, 0.2) is 48.5 Å². The molecule has 2 aromatic carbocycles. The zero-order valence-electron chi connectivity index (χ0n) is 10.5. The molecule has 2 aliphatic carbocycles. The number of fused-ring (bicyclic) bond motifs is 8. The molecule has 1 saturated heterocycles. The number of hydrogen-bond donors (Lipinski definition) is 0. The van der Waals surface area contributed by atoms with Crippen molar-refractivity contribution in [3.63, 3.8) is 0 Å². The highest BCUT2D eigenvalue weighted by Crippen LogP contribution is 2.72. The molecule has 0 N–H and O–H groups in total. The van der Waals surface area contributed by atoms with Gasteiger partial charge in [0, 0.05) is 5.41 Å². The van der Waals surface area contributed by atoms with E-state index in [1.165, 1.54) is 0 Å². The van der Waals surface area contributed by atoms with E-state index < -0.39 is 5.41 Å². The summed E-state index contributed by atoms with van der Waals surface area (Å²) in [4.78, 5) is 23.9. The Morgan fingerprint density at radius 2 is 1.20 bits per heavy atom. The Morgan fingerprint density at radius 3 is 1.70 bits per heavy atom. The molecule has 2 aromatic rings. The number of esters is 2. The monoisotopic (exact) mass is 262 g/mol.